The quantitative estimate of drug-likeness (QED) is 0.743. The van der Waals surface area contributed by atoms with E-state index in [-0.39, 0.29) is 11.9 Å². The van der Waals surface area contributed by atoms with E-state index in [0.29, 0.717) is 29.0 Å². The number of anilines is 1. The minimum Gasteiger partial charge on any atom is -0.486 e. The number of carbonyl (C=O) groups excluding carboxylic acids is 1. The molecule has 0 saturated carbocycles. The lowest BCUT2D eigenvalue weighted by Crippen LogP contribution is -2.29. The monoisotopic (exact) mass is 380 g/mol. The summed E-state index contributed by atoms with van der Waals surface area (Å²) in [6.45, 7) is 5.10. The molecule has 0 unspecified atom stereocenters. The van der Waals surface area contributed by atoms with Crippen LogP contribution >= 0.6 is 11.8 Å². The van der Waals surface area contributed by atoms with Crippen LogP contribution in [0, 0.1) is 0 Å². The summed E-state index contributed by atoms with van der Waals surface area (Å²) >= 11 is 1.40. The third-order valence-electron chi connectivity index (χ3n) is 4.05. The number of rotatable bonds is 3. The molecule has 0 bridgehead atoms. The second-order valence-corrected chi connectivity index (χ2v) is 7.50. The maximum atomic E-state index is 13.1. The molecule has 4 rings (SSSR count). The topological polar surface area (TPSA) is 51.1 Å². The fourth-order valence-corrected chi connectivity index (χ4v) is 4.00. The second kappa shape index (κ2) is 7.48. The van der Waals surface area contributed by atoms with Crippen molar-refractivity contribution in [1.82, 2.24) is 0 Å². The van der Waals surface area contributed by atoms with Gasteiger partial charge in [0, 0.05) is 6.04 Å². The van der Waals surface area contributed by atoms with Crippen molar-refractivity contribution in [2.75, 3.05) is 18.1 Å². The second-order valence-electron chi connectivity index (χ2n) is 6.50. The Morgan fingerprint density at radius 1 is 1.07 bits per heavy atom. The van der Waals surface area contributed by atoms with Crippen LogP contribution in [0.3, 0.4) is 0 Å². The van der Waals surface area contributed by atoms with Gasteiger partial charge in [0.15, 0.2) is 16.7 Å². The first-order valence-electron chi connectivity index (χ1n) is 8.88. The Hall–Kier alpha value is -2.73. The molecule has 0 spiro atoms. The summed E-state index contributed by atoms with van der Waals surface area (Å²) in [6.07, 6.45) is 1.88. The van der Waals surface area contributed by atoms with E-state index in [1.165, 1.54) is 11.8 Å². The Labute approximate surface area is 162 Å². The fourth-order valence-electron chi connectivity index (χ4n) is 2.89. The van der Waals surface area contributed by atoms with Crippen LogP contribution in [0.25, 0.3) is 6.08 Å². The number of fused-ring (bicyclic) bond motifs is 1. The molecule has 5 nitrogen and oxygen atoms in total. The molecule has 0 radical (unpaired) electrons. The van der Waals surface area contributed by atoms with Crippen molar-refractivity contribution in [2.24, 2.45) is 4.99 Å². The Kier molecular flexibility index (Phi) is 4.90. The number of benzene rings is 2. The van der Waals surface area contributed by atoms with Gasteiger partial charge in [-0.15, -0.1) is 0 Å². The van der Waals surface area contributed by atoms with Crippen LogP contribution in [-0.2, 0) is 4.79 Å². The lowest BCUT2D eigenvalue weighted by Gasteiger charge is -2.18. The standard InChI is InChI=1S/C21H20N2O3S/c1-14(2)22-21-23(16-6-4-3-5-7-16)20(24)19(27-21)13-15-8-9-17-18(12-15)26-11-10-25-17/h3-9,12-14H,10-11H2,1-2H3/b19-13-,22-21-. The third kappa shape index (κ3) is 3.71. The molecule has 138 valence electrons. The van der Waals surface area contributed by atoms with Crippen LogP contribution in [0.2, 0.25) is 0 Å². The number of aliphatic imine (C=N–C) groups is 1. The first-order chi connectivity index (χ1) is 13.1. The molecule has 6 heteroatoms. The Morgan fingerprint density at radius 2 is 1.81 bits per heavy atom. The Bertz CT molecular complexity index is 922. The smallest absolute Gasteiger partial charge is 0.271 e. The Balaban J connectivity index is 1.69. The first kappa shape index (κ1) is 17.7. The number of nitrogens with zero attached hydrogens (tertiary/aromatic N) is 2. The molecule has 1 saturated heterocycles. The number of ether oxygens (including phenoxy) is 2. The molecule has 2 heterocycles. The van der Waals surface area contributed by atoms with E-state index in [4.69, 9.17) is 9.47 Å². The number of hydrogen-bond acceptors (Lipinski definition) is 5. The predicted octanol–water partition coefficient (Wildman–Crippen LogP) is 4.34. The maximum absolute atomic E-state index is 13.1. The molecule has 2 aliphatic heterocycles. The number of amides is 1. The van der Waals surface area contributed by atoms with Crippen molar-refractivity contribution in [3.63, 3.8) is 0 Å². The minimum absolute atomic E-state index is 0.0690. The van der Waals surface area contributed by atoms with Crippen LogP contribution in [0.1, 0.15) is 19.4 Å². The van der Waals surface area contributed by atoms with Crippen molar-refractivity contribution in [2.45, 2.75) is 19.9 Å². The van der Waals surface area contributed by atoms with E-state index in [9.17, 15) is 4.79 Å². The van der Waals surface area contributed by atoms with Crippen molar-refractivity contribution in [3.05, 3.63) is 59.0 Å². The summed E-state index contributed by atoms with van der Waals surface area (Å²) in [4.78, 5) is 20.0. The molecule has 2 aromatic rings. The highest BCUT2D eigenvalue weighted by atomic mass is 32.2. The zero-order valence-electron chi connectivity index (χ0n) is 15.2. The highest BCUT2D eigenvalue weighted by Crippen LogP contribution is 2.37. The van der Waals surface area contributed by atoms with Crippen LogP contribution in [0.4, 0.5) is 5.69 Å². The van der Waals surface area contributed by atoms with Gasteiger partial charge >= 0.3 is 0 Å². The molecule has 1 amide bonds. The molecular weight excluding hydrogens is 360 g/mol. The van der Waals surface area contributed by atoms with Gasteiger partial charge in [0.1, 0.15) is 13.2 Å². The van der Waals surface area contributed by atoms with Crippen LogP contribution in [-0.4, -0.2) is 30.3 Å². The van der Waals surface area contributed by atoms with E-state index in [1.54, 1.807) is 4.90 Å². The molecule has 2 aromatic carbocycles. The first-order valence-corrected chi connectivity index (χ1v) is 9.70. The van der Waals surface area contributed by atoms with Crippen molar-refractivity contribution >= 4 is 34.6 Å². The lowest BCUT2D eigenvalue weighted by molar-refractivity contribution is -0.113. The molecule has 0 N–H and O–H groups in total. The van der Waals surface area contributed by atoms with Crippen LogP contribution < -0.4 is 14.4 Å². The highest BCUT2D eigenvalue weighted by Gasteiger charge is 2.34. The van der Waals surface area contributed by atoms with Crippen LogP contribution in [0.5, 0.6) is 11.5 Å². The molecule has 2 aliphatic rings. The summed E-state index contributed by atoms with van der Waals surface area (Å²) in [5, 5.41) is 0.699. The van der Waals surface area contributed by atoms with Gasteiger partial charge in [-0.2, -0.15) is 0 Å². The Morgan fingerprint density at radius 3 is 2.56 bits per heavy atom. The van der Waals surface area contributed by atoms with Gasteiger partial charge in [-0.1, -0.05) is 24.3 Å². The number of amidine groups is 1. The fraction of sp³-hybridized carbons (Fsp3) is 0.238. The molecule has 0 aromatic heterocycles. The zero-order valence-corrected chi connectivity index (χ0v) is 16.0. The predicted molar refractivity (Wildman–Crippen MR) is 109 cm³/mol. The summed E-state index contributed by atoms with van der Waals surface area (Å²) in [5.41, 5.74) is 1.72. The van der Waals surface area contributed by atoms with Crippen molar-refractivity contribution in [1.29, 1.82) is 0 Å². The van der Waals surface area contributed by atoms with Gasteiger partial charge < -0.3 is 9.47 Å². The van der Waals surface area contributed by atoms with Crippen molar-refractivity contribution in [3.8, 4) is 11.5 Å². The molecule has 0 aliphatic carbocycles. The molecule has 27 heavy (non-hydrogen) atoms. The van der Waals surface area contributed by atoms with Gasteiger partial charge in [-0.25, -0.2) is 0 Å². The number of thioether (sulfide) groups is 1. The third-order valence-corrected chi connectivity index (χ3v) is 5.04. The SMILES string of the molecule is CC(C)/N=C1\S/C(=C\c2ccc3c(c2)OCCO3)C(=O)N1c1ccccc1. The summed E-state index contributed by atoms with van der Waals surface area (Å²) < 4.78 is 11.2. The van der Waals surface area contributed by atoms with E-state index < -0.39 is 0 Å². The lowest BCUT2D eigenvalue weighted by atomic mass is 10.1. The summed E-state index contributed by atoms with van der Waals surface area (Å²) in [7, 11) is 0. The summed E-state index contributed by atoms with van der Waals surface area (Å²) in [6, 6.07) is 15.4. The number of hydrogen-bond donors (Lipinski definition) is 0. The zero-order chi connectivity index (χ0) is 18.8. The van der Waals surface area contributed by atoms with Crippen molar-refractivity contribution < 1.29 is 14.3 Å². The van der Waals surface area contributed by atoms with Gasteiger partial charge in [0.25, 0.3) is 5.91 Å². The number of carbonyl (C=O) groups is 1. The average molecular weight is 380 g/mol. The molecular formula is C21H20N2O3S. The summed E-state index contributed by atoms with van der Waals surface area (Å²) in [5.74, 6) is 1.38. The van der Waals surface area contributed by atoms with Gasteiger partial charge in [0.2, 0.25) is 0 Å². The van der Waals surface area contributed by atoms with Gasteiger partial charge in [-0.3, -0.25) is 14.7 Å². The van der Waals surface area contributed by atoms with E-state index >= 15 is 0 Å². The van der Waals surface area contributed by atoms with Gasteiger partial charge in [0.05, 0.1) is 10.6 Å². The highest BCUT2D eigenvalue weighted by molar-refractivity contribution is 8.19. The number of para-hydroxylation sites is 1. The maximum Gasteiger partial charge on any atom is 0.271 e. The van der Waals surface area contributed by atoms with E-state index in [2.05, 4.69) is 4.99 Å². The van der Waals surface area contributed by atoms with E-state index in [1.807, 2.05) is 68.5 Å². The minimum atomic E-state index is -0.0690. The van der Waals surface area contributed by atoms with Gasteiger partial charge in [-0.05, 0) is 61.5 Å². The largest absolute Gasteiger partial charge is 0.486 e. The average Bonchev–Trinajstić information content (AvgIpc) is 2.96. The van der Waals surface area contributed by atoms with Crippen LogP contribution in [0.15, 0.2) is 58.4 Å². The van der Waals surface area contributed by atoms with E-state index in [0.717, 1.165) is 17.0 Å². The molecule has 1 fully saturated rings. The normalized spacial score (nSPS) is 19.4. The molecule has 0 atom stereocenters.